The molecule has 162 valence electrons. The van der Waals surface area contributed by atoms with Gasteiger partial charge in [-0.2, -0.15) is 4.31 Å². The minimum absolute atomic E-state index is 0.0451. The Morgan fingerprint density at radius 2 is 1.90 bits per heavy atom. The molecule has 2 aliphatic rings. The lowest BCUT2D eigenvalue weighted by Gasteiger charge is -2.35. The van der Waals surface area contributed by atoms with E-state index >= 15 is 0 Å². The predicted molar refractivity (Wildman–Crippen MR) is 111 cm³/mol. The molecule has 2 aliphatic heterocycles. The zero-order valence-electron chi connectivity index (χ0n) is 17.3. The maximum atomic E-state index is 13.3. The van der Waals surface area contributed by atoms with Gasteiger partial charge in [-0.25, -0.2) is 17.8 Å². The molecule has 4 rings (SSSR count). The Morgan fingerprint density at radius 3 is 2.60 bits per heavy atom. The summed E-state index contributed by atoms with van der Waals surface area (Å²) in [6, 6.07) is 4.65. The number of rotatable bonds is 4. The number of hydrogen-bond acceptors (Lipinski definition) is 5. The van der Waals surface area contributed by atoms with Crippen molar-refractivity contribution in [3.05, 3.63) is 57.5 Å². The van der Waals surface area contributed by atoms with Gasteiger partial charge in [0.25, 0.3) is 5.56 Å². The molecule has 0 radical (unpaired) electrons. The van der Waals surface area contributed by atoms with Crippen molar-refractivity contribution in [3.63, 3.8) is 0 Å². The van der Waals surface area contributed by atoms with E-state index in [9.17, 15) is 17.6 Å². The van der Waals surface area contributed by atoms with Crippen LogP contribution in [0.1, 0.15) is 56.2 Å². The maximum Gasteiger partial charge on any atom is 0.255 e. The summed E-state index contributed by atoms with van der Waals surface area (Å²) in [5.41, 5.74) is 1.24. The SMILES string of the molecule is CC(C)N1CCc2nc(C3CCCCN3S(=O)(=O)c3ccc(F)cc3)[nH]c(=O)c2C1. The second-order valence-corrected chi connectivity index (χ2v) is 10.2. The van der Waals surface area contributed by atoms with E-state index in [0.717, 1.165) is 37.2 Å². The molecule has 0 amide bonds. The van der Waals surface area contributed by atoms with E-state index in [1.807, 2.05) is 0 Å². The van der Waals surface area contributed by atoms with Gasteiger partial charge in [0.15, 0.2) is 0 Å². The number of aromatic nitrogens is 2. The third kappa shape index (κ3) is 3.93. The zero-order chi connectivity index (χ0) is 21.5. The summed E-state index contributed by atoms with van der Waals surface area (Å²) in [6.07, 6.45) is 2.83. The van der Waals surface area contributed by atoms with E-state index in [-0.39, 0.29) is 10.5 Å². The molecule has 1 fully saturated rings. The quantitative estimate of drug-likeness (QED) is 0.799. The first-order valence-electron chi connectivity index (χ1n) is 10.4. The molecule has 1 aromatic heterocycles. The van der Waals surface area contributed by atoms with E-state index in [2.05, 4.69) is 23.7 Å². The Morgan fingerprint density at radius 1 is 1.17 bits per heavy atom. The normalized spacial score (nSPS) is 21.0. The van der Waals surface area contributed by atoms with Crippen LogP contribution in [-0.2, 0) is 23.0 Å². The molecule has 0 spiro atoms. The van der Waals surface area contributed by atoms with E-state index < -0.39 is 21.9 Å². The fraction of sp³-hybridized carbons (Fsp3) is 0.524. The molecule has 2 aromatic rings. The lowest BCUT2D eigenvalue weighted by molar-refractivity contribution is 0.198. The van der Waals surface area contributed by atoms with Crippen LogP contribution in [0.4, 0.5) is 4.39 Å². The minimum Gasteiger partial charge on any atom is -0.309 e. The Balaban J connectivity index is 1.69. The average Bonchev–Trinajstić information content (AvgIpc) is 2.73. The summed E-state index contributed by atoms with van der Waals surface area (Å²) >= 11 is 0. The standard InChI is InChI=1S/C21H27FN4O3S/c1-14(2)25-12-10-18-17(13-25)21(27)24-20(23-18)19-5-3-4-11-26(19)30(28,29)16-8-6-15(22)7-9-16/h6-9,14,19H,3-5,10-13H2,1-2H3,(H,23,24,27). The smallest absolute Gasteiger partial charge is 0.255 e. The molecule has 3 heterocycles. The van der Waals surface area contributed by atoms with Gasteiger partial charge in [0.05, 0.1) is 22.2 Å². The highest BCUT2D eigenvalue weighted by atomic mass is 32.2. The Labute approximate surface area is 176 Å². The summed E-state index contributed by atoms with van der Waals surface area (Å²) < 4.78 is 41.2. The van der Waals surface area contributed by atoms with E-state index in [1.54, 1.807) is 0 Å². The molecule has 7 nitrogen and oxygen atoms in total. The van der Waals surface area contributed by atoms with Gasteiger partial charge in [-0.3, -0.25) is 9.69 Å². The minimum atomic E-state index is -3.83. The summed E-state index contributed by atoms with van der Waals surface area (Å²) in [7, 11) is -3.83. The number of nitrogens with one attached hydrogen (secondary N) is 1. The third-order valence-electron chi connectivity index (χ3n) is 6.04. The second-order valence-electron chi connectivity index (χ2n) is 8.27. The number of hydrogen-bond donors (Lipinski definition) is 1. The molecule has 9 heteroatoms. The van der Waals surface area contributed by atoms with Gasteiger partial charge >= 0.3 is 0 Å². The van der Waals surface area contributed by atoms with Crippen LogP contribution in [0.15, 0.2) is 34.0 Å². The van der Waals surface area contributed by atoms with Gasteiger partial charge in [-0.05, 0) is 51.0 Å². The summed E-state index contributed by atoms with van der Waals surface area (Å²) in [5, 5.41) is 0. The molecule has 1 unspecified atom stereocenters. The number of halogens is 1. The Kier molecular flexibility index (Phi) is 5.78. The first-order valence-corrected chi connectivity index (χ1v) is 11.8. The molecule has 0 bridgehead atoms. The zero-order valence-corrected chi connectivity index (χ0v) is 18.1. The number of aromatic amines is 1. The molecule has 0 saturated carbocycles. The van der Waals surface area contributed by atoms with Crippen molar-refractivity contribution in [3.8, 4) is 0 Å². The summed E-state index contributed by atoms with van der Waals surface area (Å²) in [4.78, 5) is 22.7. The van der Waals surface area contributed by atoms with Crippen LogP contribution < -0.4 is 5.56 Å². The molecule has 1 saturated heterocycles. The number of nitrogens with zero attached hydrogens (tertiary/aromatic N) is 3. The van der Waals surface area contributed by atoms with Gasteiger partial charge < -0.3 is 4.98 Å². The highest BCUT2D eigenvalue weighted by Gasteiger charge is 2.36. The lowest BCUT2D eigenvalue weighted by Crippen LogP contribution is -2.42. The maximum absolute atomic E-state index is 13.3. The van der Waals surface area contributed by atoms with Crippen molar-refractivity contribution in [2.75, 3.05) is 13.1 Å². The summed E-state index contributed by atoms with van der Waals surface area (Å²) in [5.74, 6) is -0.0811. The fourth-order valence-electron chi connectivity index (χ4n) is 4.27. The topological polar surface area (TPSA) is 86.4 Å². The van der Waals surface area contributed by atoms with Crippen LogP contribution in [0.2, 0.25) is 0 Å². The summed E-state index contributed by atoms with van der Waals surface area (Å²) in [6.45, 7) is 5.91. The molecule has 0 aliphatic carbocycles. The highest BCUT2D eigenvalue weighted by molar-refractivity contribution is 7.89. The van der Waals surface area contributed by atoms with Crippen molar-refractivity contribution < 1.29 is 12.8 Å². The third-order valence-corrected chi connectivity index (χ3v) is 7.96. The lowest BCUT2D eigenvalue weighted by atomic mass is 10.0. The number of sulfonamides is 1. The molecule has 30 heavy (non-hydrogen) atoms. The Bertz CT molecular complexity index is 1080. The van der Waals surface area contributed by atoms with Crippen molar-refractivity contribution in [1.29, 1.82) is 0 Å². The van der Waals surface area contributed by atoms with Crippen LogP contribution in [-0.4, -0.2) is 46.7 Å². The fourth-order valence-corrected chi connectivity index (χ4v) is 5.93. The number of fused-ring (bicyclic) bond motifs is 1. The monoisotopic (exact) mass is 434 g/mol. The second kappa shape index (κ2) is 8.20. The van der Waals surface area contributed by atoms with Gasteiger partial charge in [0.2, 0.25) is 10.0 Å². The van der Waals surface area contributed by atoms with Crippen LogP contribution in [0.5, 0.6) is 0 Å². The van der Waals surface area contributed by atoms with Crippen molar-refractivity contribution in [2.24, 2.45) is 0 Å². The molecule has 1 atom stereocenters. The number of benzene rings is 1. The van der Waals surface area contributed by atoms with E-state index in [4.69, 9.17) is 4.98 Å². The largest absolute Gasteiger partial charge is 0.309 e. The molecule has 1 N–H and O–H groups in total. The van der Waals surface area contributed by atoms with E-state index in [1.165, 1.54) is 16.4 Å². The van der Waals surface area contributed by atoms with Gasteiger partial charge in [-0.15, -0.1) is 0 Å². The van der Waals surface area contributed by atoms with Crippen molar-refractivity contribution in [1.82, 2.24) is 19.2 Å². The first kappa shape index (κ1) is 21.1. The Hall–Kier alpha value is -2.10. The molecule has 1 aromatic carbocycles. The number of H-pyrrole nitrogens is 1. The van der Waals surface area contributed by atoms with Gasteiger partial charge in [-0.1, -0.05) is 6.42 Å². The van der Waals surface area contributed by atoms with Crippen LogP contribution in [0.25, 0.3) is 0 Å². The average molecular weight is 435 g/mol. The molecular weight excluding hydrogens is 407 g/mol. The highest BCUT2D eigenvalue weighted by Crippen LogP contribution is 2.34. The molecular formula is C21H27FN4O3S. The first-order chi connectivity index (χ1) is 14.3. The predicted octanol–water partition coefficient (Wildman–Crippen LogP) is 2.59. The van der Waals surface area contributed by atoms with Gasteiger partial charge in [0, 0.05) is 32.1 Å². The van der Waals surface area contributed by atoms with Crippen LogP contribution >= 0.6 is 0 Å². The van der Waals surface area contributed by atoms with E-state index in [0.29, 0.717) is 43.4 Å². The van der Waals surface area contributed by atoms with Crippen LogP contribution in [0.3, 0.4) is 0 Å². The van der Waals surface area contributed by atoms with Crippen LogP contribution in [0, 0.1) is 5.82 Å². The van der Waals surface area contributed by atoms with Gasteiger partial charge in [0.1, 0.15) is 11.6 Å². The van der Waals surface area contributed by atoms with Crippen molar-refractivity contribution >= 4 is 10.0 Å². The number of piperidine rings is 1. The van der Waals surface area contributed by atoms with Crippen molar-refractivity contribution in [2.45, 2.75) is 63.1 Å².